The van der Waals surface area contributed by atoms with Crippen LogP contribution in [0.15, 0.2) is 0 Å². The molecular weight excluding hydrogens is 236 g/mol. The Morgan fingerprint density at radius 2 is 1.32 bits per heavy atom. The Labute approximate surface area is 118 Å². The van der Waals surface area contributed by atoms with Crippen molar-refractivity contribution in [3.63, 3.8) is 0 Å². The summed E-state index contributed by atoms with van der Waals surface area (Å²) in [6.07, 6.45) is 12.7. The average Bonchev–Trinajstić information content (AvgIpc) is 2.68. The molecule has 2 spiro atoms. The SMILES string of the molecule is CC(C)(C)C1CCC2(CC1)CC1(CCCCC1)OO2. The maximum Gasteiger partial charge on any atom is 0.106 e. The van der Waals surface area contributed by atoms with Crippen molar-refractivity contribution >= 4 is 0 Å². The highest BCUT2D eigenvalue weighted by molar-refractivity contribution is 5.00. The van der Waals surface area contributed by atoms with Crippen LogP contribution in [0, 0.1) is 11.3 Å². The van der Waals surface area contributed by atoms with Gasteiger partial charge in [0, 0.05) is 6.42 Å². The summed E-state index contributed by atoms with van der Waals surface area (Å²) in [6.45, 7) is 7.14. The van der Waals surface area contributed by atoms with Crippen LogP contribution in [0.3, 0.4) is 0 Å². The first-order valence-corrected chi connectivity index (χ1v) is 8.30. The standard InChI is InChI=1S/C17H30O2/c1-15(2,3)14-7-11-17(12-8-14)13-16(18-19-17)9-5-4-6-10-16/h14H,4-13H2,1-3H3. The van der Waals surface area contributed by atoms with Gasteiger partial charge in [-0.05, 0) is 49.9 Å². The molecular formula is C17H30O2. The first kappa shape index (κ1) is 13.9. The van der Waals surface area contributed by atoms with E-state index in [1.54, 1.807) is 0 Å². The molecule has 0 bridgehead atoms. The summed E-state index contributed by atoms with van der Waals surface area (Å²) in [5, 5.41) is 0. The lowest BCUT2D eigenvalue weighted by Gasteiger charge is -2.41. The maximum absolute atomic E-state index is 5.94. The minimum atomic E-state index is 0.0685. The topological polar surface area (TPSA) is 18.5 Å². The zero-order chi connectivity index (χ0) is 13.6. The van der Waals surface area contributed by atoms with Gasteiger partial charge in [0.15, 0.2) is 0 Å². The molecule has 0 atom stereocenters. The normalized spacial score (nSPS) is 39.0. The van der Waals surface area contributed by atoms with Crippen molar-refractivity contribution in [1.29, 1.82) is 0 Å². The van der Waals surface area contributed by atoms with Crippen molar-refractivity contribution in [2.75, 3.05) is 0 Å². The summed E-state index contributed by atoms with van der Waals surface area (Å²) in [5.74, 6) is 0.852. The summed E-state index contributed by atoms with van der Waals surface area (Å²) in [4.78, 5) is 11.8. The Hall–Kier alpha value is -0.0800. The Kier molecular flexibility index (Phi) is 3.46. The second-order valence-corrected chi connectivity index (χ2v) is 8.41. The van der Waals surface area contributed by atoms with Crippen LogP contribution in [0.5, 0.6) is 0 Å². The number of rotatable bonds is 0. The van der Waals surface area contributed by atoms with E-state index in [-0.39, 0.29) is 11.2 Å². The fourth-order valence-corrected chi connectivity index (χ4v) is 4.55. The lowest BCUT2D eigenvalue weighted by atomic mass is 9.65. The van der Waals surface area contributed by atoms with E-state index in [9.17, 15) is 0 Å². The second-order valence-electron chi connectivity index (χ2n) is 8.41. The summed E-state index contributed by atoms with van der Waals surface area (Å²) in [7, 11) is 0. The van der Waals surface area contributed by atoms with Gasteiger partial charge in [0.1, 0.15) is 11.2 Å². The van der Waals surface area contributed by atoms with Gasteiger partial charge >= 0.3 is 0 Å². The second kappa shape index (κ2) is 4.73. The Balaban J connectivity index is 1.62. The van der Waals surface area contributed by atoms with Crippen LogP contribution in [0.1, 0.15) is 85.0 Å². The third-order valence-electron chi connectivity index (χ3n) is 5.93. The highest BCUT2D eigenvalue weighted by atomic mass is 17.2. The van der Waals surface area contributed by atoms with Crippen molar-refractivity contribution in [2.45, 2.75) is 96.2 Å². The van der Waals surface area contributed by atoms with Crippen molar-refractivity contribution in [3.8, 4) is 0 Å². The Morgan fingerprint density at radius 3 is 1.84 bits per heavy atom. The first-order valence-electron chi connectivity index (χ1n) is 8.30. The summed E-state index contributed by atoms with van der Waals surface area (Å²) < 4.78 is 0. The molecule has 3 rings (SSSR count). The molecule has 0 aromatic rings. The molecule has 1 heterocycles. The van der Waals surface area contributed by atoms with Gasteiger partial charge in [-0.1, -0.05) is 40.0 Å². The minimum Gasteiger partial charge on any atom is -0.229 e. The predicted molar refractivity (Wildman–Crippen MR) is 76.7 cm³/mol. The summed E-state index contributed by atoms with van der Waals surface area (Å²) in [6, 6.07) is 0. The van der Waals surface area contributed by atoms with E-state index in [2.05, 4.69) is 20.8 Å². The zero-order valence-electron chi connectivity index (χ0n) is 13.0. The lowest BCUT2D eigenvalue weighted by molar-refractivity contribution is -0.359. The van der Waals surface area contributed by atoms with Crippen LogP contribution in [0.4, 0.5) is 0 Å². The molecule has 0 aromatic heterocycles. The van der Waals surface area contributed by atoms with Crippen LogP contribution >= 0.6 is 0 Å². The molecule has 2 nitrogen and oxygen atoms in total. The molecule has 2 saturated carbocycles. The molecule has 1 saturated heterocycles. The molecule has 0 amide bonds. The van der Waals surface area contributed by atoms with Gasteiger partial charge < -0.3 is 0 Å². The number of hydrogen-bond donors (Lipinski definition) is 0. The fraction of sp³-hybridized carbons (Fsp3) is 1.00. The minimum absolute atomic E-state index is 0.0685. The van der Waals surface area contributed by atoms with Crippen molar-refractivity contribution in [1.82, 2.24) is 0 Å². The van der Waals surface area contributed by atoms with E-state index < -0.39 is 0 Å². The average molecular weight is 266 g/mol. The molecule has 19 heavy (non-hydrogen) atoms. The highest BCUT2D eigenvalue weighted by Crippen LogP contribution is 2.53. The molecule has 3 fully saturated rings. The van der Waals surface area contributed by atoms with Gasteiger partial charge in [-0.3, -0.25) is 0 Å². The van der Waals surface area contributed by atoms with E-state index in [4.69, 9.17) is 9.78 Å². The monoisotopic (exact) mass is 266 g/mol. The van der Waals surface area contributed by atoms with E-state index in [0.717, 1.165) is 12.3 Å². The third-order valence-corrected chi connectivity index (χ3v) is 5.93. The van der Waals surface area contributed by atoms with Gasteiger partial charge in [-0.2, -0.15) is 0 Å². The molecule has 0 unspecified atom stereocenters. The van der Waals surface area contributed by atoms with Gasteiger partial charge in [-0.25, -0.2) is 9.78 Å². The van der Waals surface area contributed by atoms with Crippen LogP contribution in [-0.2, 0) is 9.78 Å². The summed E-state index contributed by atoms with van der Waals surface area (Å²) in [5.41, 5.74) is 0.607. The van der Waals surface area contributed by atoms with Crippen LogP contribution in [0.25, 0.3) is 0 Å². The van der Waals surface area contributed by atoms with Gasteiger partial charge in [-0.15, -0.1) is 0 Å². The summed E-state index contributed by atoms with van der Waals surface area (Å²) >= 11 is 0. The molecule has 0 N–H and O–H groups in total. The van der Waals surface area contributed by atoms with Crippen LogP contribution in [0.2, 0.25) is 0 Å². The van der Waals surface area contributed by atoms with Crippen LogP contribution < -0.4 is 0 Å². The first-order chi connectivity index (χ1) is 8.93. The van der Waals surface area contributed by atoms with Gasteiger partial charge in [0.2, 0.25) is 0 Å². The van der Waals surface area contributed by atoms with E-state index in [1.807, 2.05) is 0 Å². The lowest BCUT2D eigenvalue weighted by Crippen LogP contribution is -2.39. The maximum atomic E-state index is 5.94. The molecule has 2 heteroatoms. The fourth-order valence-electron chi connectivity index (χ4n) is 4.55. The smallest absolute Gasteiger partial charge is 0.106 e. The molecule has 110 valence electrons. The molecule has 2 aliphatic carbocycles. The van der Waals surface area contributed by atoms with Gasteiger partial charge in [0.25, 0.3) is 0 Å². The molecule has 3 aliphatic rings. The Bertz CT molecular complexity index is 315. The van der Waals surface area contributed by atoms with Crippen LogP contribution in [-0.4, -0.2) is 11.2 Å². The highest BCUT2D eigenvalue weighted by Gasteiger charge is 2.53. The van der Waals surface area contributed by atoms with Crippen molar-refractivity contribution in [3.05, 3.63) is 0 Å². The van der Waals surface area contributed by atoms with Crippen molar-refractivity contribution in [2.24, 2.45) is 11.3 Å². The molecule has 0 aromatic carbocycles. The number of hydrogen-bond acceptors (Lipinski definition) is 2. The van der Waals surface area contributed by atoms with E-state index in [1.165, 1.54) is 57.8 Å². The Morgan fingerprint density at radius 1 is 0.789 bits per heavy atom. The van der Waals surface area contributed by atoms with E-state index in [0.29, 0.717) is 5.41 Å². The van der Waals surface area contributed by atoms with E-state index >= 15 is 0 Å². The third kappa shape index (κ3) is 2.71. The molecule has 0 radical (unpaired) electrons. The zero-order valence-corrected chi connectivity index (χ0v) is 13.0. The predicted octanol–water partition coefficient (Wildman–Crippen LogP) is 5.02. The largest absolute Gasteiger partial charge is 0.229 e. The van der Waals surface area contributed by atoms with Crippen molar-refractivity contribution < 1.29 is 9.78 Å². The quantitative estimate of drug-likeness (QED) is 0.573. The van der Waals surface area contributed by atoms with Gasteiger partial charge in [0.05, 0.1) is 0 Å². The molecule has 1 aliphatic heterocycles.